The van der Waals surface area contributed by atoms with Gasteiger partial charge in [0, 0.05) is 24.9 Å². The predicted octanol–water partition coefficient (Wildman–Crippen LogP) is 1.38. The average molecular weight is 191 g/mol. The zero-order valence-electron chi connectivity index (χ0n) is 8.18. The second-order valence-corrected chi connectivity index (χ2v) is 3.55. The highest BCUT2D eigenvalue weighted by Crippen LogP contribution is 2.21. The Balaban J connectivity index is 2.27. The molecule has 1 aromatic rings. The largest absolute Gasteiger partial charge is 0.278 e. The summed E-state index contributed by atoms with van der Waals surface area (Å²) < 4.78 is 0. The highest BCUT2D eigenvalue weighted by Gasteiger charge is 2.27. The molecule has 4 nitrogen and oxygen atoms in total. The van der Waals surface area contributed by atoms with E-state index in [-0.39, 0.29) is 11.9 Å². The number of amides is 1. The lowest BCUT2D eigenvalue weighted by Crippen LogP contribution is -2.43. The van der Waals surface area contributed by atoms with Gasteiger partial charge < -0.3 is 0 Å². The van der Waals surface area contributed by atoms with Crippen LogP contribution in [0.3, 0.4) is 0 Å². The molecule has 1 aliphatic rings. The summed E-state index contributed by atoms with van der Waals surface area (Å²) in [5, 5.41) is 0. The summed E-state index contributed by atoms with van der Waals surface area (Å²) >= 11 is 0. The molecule has 2 heterocycles. The van der Waals surface area contributed by atoms with Crippen molar-refractivity contribution in [3.05, 3.63) is 18.5 Å². The van der Waals surface area contributed by atoms with Crippen LogP contribution in [-0.2, 0) is 4.79 Å². The molecule has 4 heteroatoms. The Labute approximate surface area is 83.0 Å². The van der Waals surface area contributed by atoms with Gasteiger partial charge in [0.1, 0.15) is 0 Å². The van der Waals surface area contributed by atoms with Gasteiger partial charge in [0.2, 0.25) is 11.9 Å². The van der Waals surface area contributed by atoms with E-state index in [1.165, 1.54) is 0 Å². The van der Waals surface area contributed by atoms with Crippen molar-refractivity contribution in [1.29, 1.82) is 0 Å². The number of hydrogen-bond donors (Lipinski definition) is 0. The van der Waals surface area contributed by atoms with E-state index >= 15 is 0 Å². The molecule has 74 valence electrons. The van der Waals surface area contributed by atoms with Crippen LogP contribution in [-0.4, -0.2) is 21.9 Å². The predicted molar refractivity (Wildman–Crippen MR) is 52.8 cm³/mol. The number of carbonyl (C=O) groups excluding carboxylic acids is 1. The van der Waals surface area contributed by atoms with Gasteiger partial charge in [0.15, 0.2) is 0 Å². The lowest BCUT2D eigenvalue weighted by molar-refractivity contribution is -0.120. The van der Waals surface area contributed by atoms with E-state index in [0.29, 0.717) is 12.4 Å². The zero-order chi connectivity index (χ0) is 9.97. The maximum Gasteiger partial charge on any atom is 0.232 e. The van der Waals surface area contributed by atoms with Crippen LogP contribution in [0.25, 0.3) is 0 Å². The zero-order valence-corrected chi connectivity index (χ0v) is 8.18. The molecule has 1 aliphatic heterocycles. The summed E-state index contributed by atoms with van der Waals surface area (Å²) in [6.45, 7) is 2.04. The highest BCUT2D eigenvalue weighted by molar-refractivity contribution is 5.92. The Bertz CT molecular complexity index is 325. The first-order valence-corrected chi connectivity index (χ1v) is 4.88. The van der Waals surface area contributed by atoms with E-state index in [1.54, 1.807) is 23.4 Å². The molecule has 2 rings (SSSR count). The summed E-state index contributed by atoms with van der Waals surface area (Å²) in [6, 6.07) is 1.97. The molecule has 1 fully saturated rings. The molecule has 1 amide bonds. The first-order chi connectivity index (χ1) is 6.79. The smallest absolute Gasteiger partial charge is 0.232 e. The Morgan fingerprint density at radius 2 is 2.14 bits per heavy atom. The summed E-state index contributed by atoms with van der Waals surface area (Å²) in [7, 11) is 0. The third kappa shape index (κ3) is 1.60. The fraction of sp³-hybridized carbons (Fsp3) is 0.500. The van der Waals surface area contributed by atoms with Gasteiger partial charge in [-0.15, -0.1) is 0 Å². The summed E-state index contributed by atoms with van der Waals surface area (Å²) in [6.07, 6.45) is 5.95. The molecule has 14 heavy (non-hydrogen) atoms. The SMILES string of the molecule is C[C@@H]1CCCC(=O)N1c1ncccn1. The molecule has 1 aromatic heterocycles. The van der Waals surface area contributed by atoms with Gasteiger partial charge in [0.25, 0.3) is 0 Å². The van der Waals surface area contributed by atoms with Crippen molar-refractivity contribution in [2.75, 3.05) is 4.90 Å². The average Bonchev–Trinajstić information content (AvgIpc) is 2.19. The third-order valence-electron chi connectivity index (χ3n) is 2.49. The number of carbonyl (C=O) groups is 1. The van der Waals surface area contributed by atoms with E-state index in [1.807, 2.05) is 6.92 Å². The van der Waals surface area contributed by atoms with Gasteiger partial charge >= 0.3 is 0 Å². The van der Waals surface area contributed by atoms with Crippen molar-refractivity contribution in [2.45, 2.75) is 32.2 Å². The minimum absolute atomic E-state index is 0.134. The van der Waals surface area contributed by atoms with E-state index in [2.05, 4.69) is 9.97 Å². The standard InChI is InChI=1S/C10H13N3O/c1-8-4-2-5-9(14)13(8)10-11-6-3-7-12-10/h3,6-8H,2,4-5H2,1H3/t8-/m1/s1. The van der Waals surface area contributed by atoms with Crippen molar-refractivity contribution in [2.24, 2.45) is 0 Å². The summed E-state index contributed by atoms with van der Waals surface area (Å²) in [4.78, 5) is 21.5. The van der Waals surface area contributed by atoms with Gasteiger partial charge in [-0.05, 0) is 25.8 Å². The van der Waals surface area contributed by atoms with Crippen LogP contribution in [0.4, 0.5) is 5.95 Å². The minimum Gasteiger partial charge on any atom is -0.278 e. The van der Waals surface area contributed by atoms with Gasteiger partial charge in [-0.3, -0.25) is 9.69 Å². The van der Waals surface area contributed by atoms with Gasteiger partial charge in [-0.25, -0.2) is 9.97 Å². The topological polar surface area (TPSA) is 46.1 Å². The van der Waals surface area contributed by atoms with Crippen LogP contribution in [0.15, 0.2) is 18.5 Å². The second-order valence-electron chi connectivity index (χ2n) is 3.55. The van der Waals surface area contributed by atoms with E-state index in [4.69, 9.17) is 0 Å². The molecule has 0 spiro atoms. The van der Waals surface area contributed by atoms with E-state index in [9.17, 15) is 4.79 Å². The van der Waals surface area contributed by atoms with Crippen LogP contribution in [0.2, 0.25) is 0 Å². The molecule has 0 aromatic carbocycles. The maximum absolute atomic E-state index is 11.7. The monoisotopic (exact) mass is 191 g/mol. The number of anilines is 1. The summed E-state index contributed by atoms with van der Waals surface area (Å²) in [5.74, 6) is 0.666. The molecule has 0 unspecified atom stereocenters. The van der Waals surface area contributed by atoms with Crippen LogP contribution >= 0.6 is 0 Å². The Morgan fingerprint density at radius 1 is 1.43 bits per heavy atom. The molecule has 0 aliphatic carbocycles. The van der Waals surface area contributed by atoms with Gasteiger partial charge in [-0.1, -0.05) is 0 Å². The Hall–Kier alpha value is -1.45. The minimum atomic E-state index is 0.134. The number of aromatic nitrogens is 2. The molecular formula is C10H13N3O. The number of hydrogen-bond acceptors (Lipinski definition) is 3. The Morgan fingerprint density at radius 3 is 2.79 bits per heavy atom. The van der Waals surface area contributed by atoms with Crippen molar-refractivity contribution >= 4 is 11.9 Å². The molecular weight excluding hydrogens is 178 g/mol. The van der Waals surface area contributed by atoms with Crippen LogP contribution in [0, 0.1) is 0 Å². The van der Waals surface area contributed by atoms with Gasteiger partial charge in [0.05, 0.1) is 0 Å². The van der Waals surface area contributed by atoms with Crippen molar-refractivity contribution in [1.82, 2.24) is 9.97 Å². The van der Waals surface area contributed by atoms with E-state index < -0.39 is 0 Å². The first-order valence-electron chi connectivity index (χ1n) is 4.88. The fourth-order valence-corrected chi connectivity index (χ4v) is 1.77. The summed E-state index contributed by atoms with van der Waals surface area (Å²) in [5.41, 5.74) is 0. The quantitative estimate of drug-likeness (QED) is 0.673. The third-order valence-corrected chi connectivity index (χ3v) is 2.49. The van der Waals surface area contributed by atoms with Crippen LogP contribution in [0.5, 0.6) is 0 Å². The molecule has 1 atom stereocenters. The molecule has 0 saturated carbocycles. The van der Waals surface area contributed by atoms with Crippen LogP contribution in [0.1, 0.15) is 26.2 Å². The molecule has 0 radical (unpaired) electrons. The van der Waals surface area contributed by atoms with Crippen molar-refractivity contribution in [3.63, 3.8) is 0 Å². The van der Waals surface area contributed by atoms with Crippen molar-refractivity contribution in [3.8, 4) is 0 Å². The number of piperidine rings is 1. The fourth-order valence-electron chi connectivity index (χ4n) is 1.77. The van der Waals surface area contributed by atoms with Crippen LogP contribution < -0.4 is 4.90 Å². The first kappa shape index (κ1) is 9.12. The molecule has 0 bridgehead atoms. The van der Waals surface area contributed by atoms with E-state index in [0.717, 1.165) is 12.8 Å². The normalized spacial score (nSPS) is 22.5. The number of rotatable bonds is 1. The van der Waals surface area contributed by atoms with Crippen molar-refractivity contribution < 1.29 is 4.79 Å². The van der Waals surface area contributed by atoms with Gasteiger partial charge in [-0.2, -0.15) is 0 Å². The maximum atomic E-state index is 11.7. The Kier molecular flexibility index (Phi) is 2.43. The molecule has 0 N–H and O–H groups in total. The lowest BCUT2D eigenvalue weighted by atomic mass is 10.0. The lowest BCUT2D eigenvalue weighted by Gasteiger charge is -2.31. The molecule has 1 saturated heterocycles. The highest BCUT2D eigenvalue weighted by atomic mass is 16.2. The second kappa shape index (κ2) is 3.74. The number of nitrogens with zero attached hydrogens (tertiary/aromatic N) is 3.